The van der Waals surface area contributed by atoms with Crippen molar-refractivity contribution in [3.8, 4) is 5.75 Å². The number of carbonyl (C=O) groups excluding carboxylic acids is 2. The molecule has 32 heavy (non-hydrogen) atoms. The Kier molecular flexibility index (Phi) is 9.02. The van der Waals surface area contributed by atoms with Gasteiger partial charge in [-0.25, -0.2) is 0 Å². The summed E-state index contributed by atoms with van der Waals surface area (Å²) < 4.78 is 12.1. The lowest BCUT2D eigenvalue weighted by molar-refractivity contribution is -0.143. The second kappa shape index (κ2) is 11.5. The lowest BCUT2D eigenvalue weighted by Gasteiger charge is -2.13. The van der Waals surface area contributed by atoms with Gasteiger partial charge >= 0.3 is 5.97 Å². The van der Waals surface area contributed by atoms with E-state index in [4.69, 9.17) is 44.9 Å². The maximum atomic E-state index is 12.9. The SMILES string of the molecule is CCOC(=O)CCN1C(=O)/C(=C\c2cc(Br)ccc2OCc2ccc(Cl)cc2Cl)SC1=S. The molecule has 0 unspecified atom stereocenters. The van der Waals surface area contributed by atoms with Crippen LogP contribution in [0.2, 0.25) is 10.0 Å². The molecule has 0 spiro atoms. The molecule has 0 aromatic heterocycles. The monoisotopic (exact) mass is 573 g/mol. The number of rotatable bonds is 8. The fourth-order valence-electron chi connectivity index (χ4n) is 2.83. The number of amides is 1. The van der Waals surface area contributed by atoms with Crippen LogP contribution in [-0.4, -0.2) is 34.2 Å². The van der Waals surface area contributed by atoms with Gasteiger partial charge in [0.2, 0.25) is 0 Å². The lowest BCUT2D eigenvalue weighted by Crippen LogP contribution is -2.30. The van der Waals surface area contributed by atoms with Gasteiger partial charge in [-0.3, -0.25) is 14.5 Å². The van der Waals surface area contributed by atoms with E-state index in [2.05, 4.69) is 15.9 Å². The summed E-state index contributed by atoms with van der Waals surface area (Å²) in [6, 6.07) is 10.7. The van der Waals surface area contributed by atoms with Gasteiger partial charge in [-0.05, 0) is 43.3 Å². The molecule has 1 aliphatic rings. The molecule has 2 aromatic carbocycles. The first-order valence-electron chi connectivity index (χ1n) is 9.55. The molecule has 1 amide bonds. The Labute approximate surface area is 214 Å². The third kappa shape index (κ3) is 6.48. The molecular weight excluding hydrogens is 557 g/mol. The van der Waals surface area contributed by atoms with Crippen LogP contribution in [0.3, 0.4) is 0 Å². The highest BCUT2D eigenvalue weighted by Gasteiger charge is 2.32. The zero-order valence-electron chi connectivity index (χ0n) is 16.9. The van der Waals surface area contributed by atoms with Gasteiger partial charge in [0.1, 0.15) is 16.7 Å². The number of hydrogen-bond donors (Lipinski definition) is 0. The molecule has 168 valence electrons. The summed E-state index contributed by atoms with van der Waals surface area (Å²) in [4.78, 5) is 26.4. The van der Waals surface area contributed by atoms with Crippen LogP contribution in [-0.2, 0) is 20.9 Å². The van der Waals surface area contributed by atoms with Crippen molar-refractivity contribution in [2.45, 2.75) is 20.0 Å². The van der Waals surface area contributed by atoms with Crippen LogP contribution >= 0.6 is 63.1 Å². The van der Waals surface area contributed by atoms with Gasteiger partial charge in [-0.2, -0.15) is 0 Å². The molecule has 0 N–H and O–H groups in total. The molecule has 3 rings (SSSR count). The highest BCUT2D eigenvalue weighted by atomic mass is 79.9. The molecule has 0 radical (unpaired) electrons. The predicted molar refractivity (Wildman–Crippen MR) is 136 cm³/mol. The molecule has 0 aliphatic carbocycles. The van der Waals surface area contributed by atoms with Gasteiger partial charge in [-0.1, -0.05) is 69.2 Å². The summed E-state index contributed by atoms with van der Waals surface area (Å²) in [6.45, 7) is 2.44. The van der Waals surface area contributed by atoms with Crippen molar-refractivity contribution in [2.24, 2.45) is 0 Å². The van der Waals surface area contributed by atoms with Crippen LogP contribution < -0.4 is 4.74 Å². The number of carbonyl (C=O) groups is 2. The molecule has 1 aliphatic heterocycles. The molecule has 0 bridgehead atoms. The third-order valence-corrected chi connectivity index (χ3v) is 6.83. The minimum absolute atomic E-state index is 0.0840. The van der Waals surface area contributed by atoms with Crippen molar-refractivity contribution in [2.75, 3.05) is 13.2 Å². The van der Waals surface area contributed by atoms with Gasteiger partial charge in [0, 0.05) is 32.2 Å². The number of thioether (sulfide) groups is 1. The van der Waals surface area contributed by atoms with Crippen molar-refractivity contribution in [1.82, 2.24) is 4.90 Å². The average molecular weight is 575 g/mol. The van der Waals surface area contributed by atoms with Crippen LogP contribution in [0.4, 0.5) is 0 Å². The van der Waals surface area contributed by atoms with Crippen molar-refractivity contribution in [1.29, 1.82) is 0 Å². The minimum atomic E-state index is -0.367. The van der Waals surface area contributed by atoms with Crippen LogP contribution in [0.5, 0.6) is 5.75 Å². The number of benzene rings is 2. The topological polar surface area (TPSA) is 55.8 Å². The van der Waals surface area contributed by atoms with Crippen molar-refractivity contribution >= 4 is 85.4 Å². The van der Waals surface area contributed by atoms with Crippen LogP contribution in [0.15, 0.2) is 45.8 Å². The van der Waals surface area contributed by atoms with Crippen molar-refractivity contribution in [3.05, 3.63) is 66.9 Å². The number of ether oxygens (including phenoxy) is 2. The summed E-state index contributed by atoms with van der Waals surface area (Å²) >= 11 is 22.2. The number of esters is 1. The fourth-order valence-corrected chi connectivity index (χ4v) is 4.97. The van der Waals surface area contributed by atoms with E-state index in [1.807, 2.05) is 12.1 Å². The first kappa shape index (κ1) is 25.1. The number of halogens is 3. The van der Waals surface area contributed by atoms with Crippen molar-refractivity contribution in [3.63, 3.8) is 0 Å². The minimum Gasteiger partial charge on any atom is -0.488 e. The highest BCUT2D eigenvalue weighted by Crippen LogP contribution is 2.35. The van der Waals surface area contributed by atoms with Crippen molar-refractivity contribution < 1.29 is 19.1 Å². The van der Waals surface area contributed by atoms with Gasteiger partial charge in [0.05, 0.1) is 17.9 Å². The number of nitrogens with zero attached hydrogens (tertiary/aromatic N) is 1. The van der Waals surface area contributed by atoms with Gasteiger partial charge in [-0.15, -0.1) is 0 Å². The molecule has 1 fully saturated rings. The van der Waals surface area contributed by atoms with Gasteiger partial charge < -0.3 is 9.47 Å². The van der Waals surface area contributed by atoms with E-state index in [-0.39, 0.29) is 31.4 Å². The maximum Gasteiger partial charge on any atom is 0.307 e. The van der Waals surface area contributed by atoms with Crippen LogP contribution in [0.1, 0.15) is 24.5 Å². The Morgan fingerprint density at radius 3 is 2.75 bits per heavy atom. The Hall–Kier alpha value is -1.58. The van der Waals surface area contributed by atoms with Crippen LogP contribution in [0, 0.1) is 0 Å². The summed E-state index contributed by atoms with van der Waals surface area (Å²) in [5, 5.41) is 1.06. The predicted octanol–water partition coefficient (Wildman–Crippen LogP) is 6.49. The first-order chi connectivity index (χ1) is 15.3. The summed E-state index contributed by atoms with van der Waals surface area (Å²) in [5.74, 6) is -0.0407. The van der Waals surface area contributed by atoms with E-state index in [1.165, 1.54) is 16.7 Å². The maximum absolute atomic E-state index is 12.9. The molecule has 10 heteroatoms. The van der Waals surface area contributed by atoms with Crippen LogP contribution in [0.25, 0.3) is 6.08 Å². The first-order valence-corrected chi connectivity index (χ1v) is 12.3. The zero-order valence-corrected chi connectivity index (χ0v) is 21.6. The normalized spacial score (nSPS) is 14.9. The average Bonchev–Trinajstić information content (AvgIpc) is 3.00. The van der Waals surface area contributed by atoms with E-state index < -0.39 is 0 Å². The third-order valence-electron chi connectivity index (χ3n) is 4.38. The van der Waals surface area contributed by atoms with E-state index in [1.54, 1.807) is 37.3 Å². The smallest absolute Gasteiger partial charge is 0.307 e. The second-order valence-corrected chi connectivity index (χ2v) is 10.0. The quantitative estimate of drug-likeness (QED) is 0.204. The summed E-state index contributed by atoms with van der Waals surface area (Å²) in [7, 11) is 0. The zero-order chi connectivity index (χ0) is 23.3. The van der Waals surface area contributed by atoms with E-state index >= 15 is 0 Å². The number of thiocarbonyl (C=S) groups is 1. The Balaban J connectivity index is 1.77. The van der Waals surface area contributed by atoms with Gasteiger partial charge in [0.25, 0.3) is 5.91 Å². The molecule has 1 saturated heterocycles. The molecule has 2 aromatic rings. The molecule has 0 atom stereocenters. The summed E-state index contributed by atoms with van der Waals surface area (Å²) in [6.07, 6.45) is 1.81. The van der Waals surface area contributed by atoms with E-state index in [9.17, 15) is 9.59 Å². The van der Waals surface area contributed by atoms with Gasteiger partial charge in [0.15, 0.2) is 0 Å². The molecule has 0 saturated carbocycles. The Bertz CT molecular complexity index is 1090. The Morgan fingerprint density at radius 1 is 1.25 bits per heavy atom. The molecule has 5 nitrogen and oxygen atoms in total. The largest absolute Gasteiger partial charge is 0.488 e. The molecular formula is C22H18BrCl2NO4S2. The summed E-state index contributed by atoms with van der Waals surface area (Å²) in [5.41, 5.74) is 1.49. The fraction of sp³-hybridized carbons (Fsp3) is 0.227. The van der Waals surface area contributed by atoms with E-state index in [0.717, 1.165) is 10.0 Å². The Morgan fingerprint density at radius 2 is 2.03 bits per heavy atom. The highest BCUT2D eigenvalue weighted by molar-refractivity contribution is 9.10. The lowest BCUT2D eigenvalue weighted by atomic mass is 10.1. The van der Waals surface area contributed by atoms with E-state index in [0.29, 0.717) is 37.2 Å². The number of hydrogen-bond acceptors (Lipinski definition) is 6. The molecule has 1 heterocycles. The second-order valence-electron chi connectivity index (χ2n) is 6.59. The standard InChI is InChI=1S/C22H18BrCl2NO4S2/c1-2-29-20(27)7-8-26-21(28)19(32-22(26)31)10-14-9-15(23)4-6-18(14)30-12-13-3-5-16(24)11-17(13)25/h3-6,9-11H,2,7-8,12H2,1H3/b19-10+.